The molecule has 2 atom stereocenters. The molecule has 0 saturated heterocycles. The second kappa shape index (κ2) is 9.35. The van der Waals surface area contributed by atoms with E-state index in [1.807, 2.05) is 13.1 Å². The molecule has 1 amide bonds. The number of hydrogen-bond donors (Lipinski definition) is 3. The first kappa shape index (κ1) is 25.6. The van der Waals surface area contributed by atoms with E-state index in [4.69, 9.17) is 11.3 Å². The molecule has 8 nitrogen and oxygen atoms in total. The highest BCUT2D eigenvalue weighted by molar-refractivity contribution is 6.01. The van der Waals surface area contributed by atoms with Crippen LogP contribution in [0.25, 0.3) is 11.4 Å². The molecule has 2 aliphatic rings. The van der Waals surface area contributed by atoms with Crippen LogP contribution in [0.3, 0.4) is 0 Å². The Morgan fingerprint density at radius 3 is 2.76 bits per heavy atom. The highest BCUT2D eigenvalue weighted by Gasteiger charge is 2.65. The number of nitrogens with two attached hydrogens (primary N) is 2. The normalized spacial score (nSPS) is 21.4. The van der Waals surface area contributed by atoms with Gasteiger partial charge in [0.1, 0.15) is 35.7 Å². The number of carbonyl (C=O) groups is 1. The number of aryl methyl sites for hydroxylation is 1. The van der Waals surface area contributed by atoms with Crippen molar-refractivity contribution in [2.24, 2.45) is 10.5 Å². The SMILES string of the molecule is Cc1cn(-c2ccc(/C(=C/[NH2+]C3CC34CCc3c(F)cccc3N(CC(F)(F)F)C4=O)N=N)cc2N)cn1. The number of amides is 1. The number of rotatable bonds is 6. The number of alkyl halides is 3. The van der Waals surface area contributed by atoms with Crippen LogP contribution in [0.1, 0.15) is 29.7 Å². The van der Waals surface area contributed by atoms with Gasteiger partial charge in [-0.15, -0.1) is 0 Å². The minimum atomic E-state index is -4.64. The average molecular weight is 529 g/mol. The Labute approximate surface area is 215 Å². The van der Waals surface area contributed by atoms with Crippen molar-refractivity contribution in [3.63, 3.8) is 0 Å². The van der Waals surface area contributed by atoms with Crippen LogP contribution in [-0.4, -0.2) is 34.2 Å². The summed E-state index contributed by atoms with van der Waals surface area (Å²) in [6, 6.07) is 8.70. The fourth-order valence-corrected chi connectivity index (χ4v) is 5.24. The number of hydrogen-bond acceptors (Lipinski definition) is 5. The lowest BCUT2D eigenvalue weighted by Gasteiger charge is -2.26. The minimum Gasteiger partial charge on any atom is -0.397 e. The first-order valence-corrected chi connectivity index (χ1v) is 12.0. The summed E-state index contributed by atoms with van der Waals surface area (Å²) in [5, 5.41) is 5.30. The smallest absolute Gasteiger partial charge is 0.397 e. The quantitative estimate of drug-likeness (QED) is 0.254. The molecule has 5 N–H and O–H groups in total. The summed E-state index contributed by atoms with van der Waals surface area (Å²) in [6.07, 6.45) is 1.12. The molecule has 38 heavy (non-hydrogen) atoms. The van der Waals surface area contributed by atoms with Crippen LogP contribution in [0.4, 0.5) is 28.9 Å². The van der Waals surface area contributed by atoms with Gasteiger partial charge in [-0.2, -0.15) is 18.3 Å². The number of imidazole rings is 1. The largest absolute Gasteiger partial charge is 0.406 e. The maximum absolute atomic E-state index is 14.5. The predicted octanol–water partition coefficient (Wildman–Crippen LogP) is 4.10. The topological polar surface area (TPSA) is 117 Å². The molecule has 2 unspecified atom stereocenters. The van der Waals surface area contributed by atoms with E-state index in [1.54, 1.807) is 40.6 Å². The van der Waals surface area contributed by atoms with Crippen LogP contribution in [0.2, 0.25) is 0 Å². The number of anilines is 2. The molecule has 1 spiro atoms. The van der Waals surface area contributed by atoms with Crippen LogP contribution < -0.4 is 16.0 Å². The van der Waals surface area contributed by atoms with Crippen molar-refractivity contribution in [3.05, 3.63) is 77.8 Å². The Bertz CT molecular complexity index is 1450. The van der Waals surface area contributed by atoms with Gasteiger partial charge in [0.15, 0.2) is 0 Å². The second-order valence-electron chi connectivity index (χ2n) is 9.76. The predicted molar refractivity (Wildman–Crippen MR) is 132 cm³/mol. The van der Waals surface area contributed by atoms with Crippen molar-refractivity contribution in [2.75, 3.05) is 17.2 Å². The van der Waals surface area contributed by atoms with Crippen molar-refractivity contribution in [1.29, 1.82) is 5.53 Å². The first-order chi connectivity index (χ1) is 18.0. The Hall–Kier alpha value is -4.06. The fourth-order valence-electron chi connectivity index (χ4n) is 5.24. The van der Waals surface area contributed by atoms with E-state index >= 15 is 0 Å². The molecule has 0 bridgehead atoms. The lowest BCUT2D eigenvalue weighted by atomic mass is 9.96. The minimum absolute atomic E-state index is 0.0316. The van der Waals surface area contributed by atoms with Crippen LogP contribution in [0, 0.1) is 23.7 Å². The maximum atomic E-state index is 14.5. The zero-order valence-electron chi connectivity index (χ0n) is 20.5. The van der Waals surface area contributed by atoms with Gasteiger partial charge in [0.2, 0.25) is 5.91 Å². The summed E-state index contributed by atoms with van der Waals surface area (Å²) in [5.41, 5.74) is 15.7. The van der Waals surface area contributed by atoms with Crippen molar-refractivity contribution < 1.29 is 27.7 Å². The molecule has 2 aromatic carbocycles. The molecule has 3 aromatic rings. The molecule has 2 heterocycles. The Kier molecular flexibility index (Phi) is 6.30. The number of aromatic nitrogens is 2. The monoisotopic (exact) mass is 528 g/mol. The number of carbonyl (C=O) groups excluding carboxylic acids is 1. The zero-order valence-corrected chi connectivity index (χ0v) is 20.5. The number of nitrogens with zero attached hydrogens (tertiary/aromatic N) is 4. The highest BCUT2D eigenvalue weighted by Crippen LogP contribution is 2.52. The molecule has 1 aliphatic heterocycles. The molecular weight excluding hydrogens is 502 g/mol. The molecule has 1 fully saturated rings. The highest BCUT2D eigenvalue weighted by atomic mass is 19.4. The molecule has 198 valence electrons. The third kappa shape index (κ3) is 4.67. The number of fused-ring (bicyclic) bond motifs is 1. The third-order valence-electron chi connectivity index (χ3n) is 7.27. The van der Waals surface area contributed by atoms with E-state index in [0.717, 1.165) is 5.69 Å². The van der Waals surface area contributed by atoms with E-state index in [-0.39, 0.29) is 35.8 Å². The van der Waals surface area contributed by atoms with Crippen LogP contribution in [-0.2, 0) is 11.2 Å². The molecule has 1 saturated carbocycles. The van der Waals surface area contributed by atoms with E-state index in [1.165, 1.54) is 18.2 Å². The van der Waals surface area contributed by atoms with Gasteiger partial charge < -0.3 is 20.5 Å². The van der Waals surface area contributed by atoms with E-state index in [9.17, 15) is 22.4 Å². The summed E-state index contributed by atoms with van der Waals surface area (Å²) in [6.45, 7) is 0.375. The lowest BCUT2D eigenvalue weighted by molar-refractivity contribution is -0.606. The van der Waals surface area contributed by atoms with Crippen molar-refractivity contribution in [3.8, 4) is 5.69 Å². The van der Waals surface area contributed by atoms with Crippen molar-refractivity contribution in [1.82, 2.24) is 9.55 Å². The van der Waals surface area contributed by atoms with Gasteiger partial charge in [-0.1, -0.05) is 12.1 Å². The van der Waals surface area contributed by atoms with Gasteiger partial charge in [0, 0.05) is 23.7 Å². The fraction of sp³-hybridized carbons (Fsp3) is 0.308. The van der Waals surface area contributed by atoms with E-state index < -0.39 is 29.9 Å². The summed E-state index contributed by atoms with van der Waals surface area (Å²) < 4.78 is 56.6. The van der Waals surface area contributed by atoms with E-state index in [0.29, 0.717) is 28.3 Å². The maximum Gasteiger partial charge on any atom is 0.406 e. The van der Waals surface area contributed by atoms with Gasteiger partial charge >= 0.3 is 6.18 Å². The summed E-state index contributed by atoms with van der Waals surface area (Å²) >= 11 is 0. The van der Waals surface area contributed by atoms with Gasteiger partial charge in [-0.25, -0.2) is 14.9 Å². The Morgan fingerprint density at radius 1 is 1.32 bits per heavy atom. The first-order valence-electron chi connectivity index (χ1n) is 12.0. The number of nitrogen functional groups attached to an aromatic ring is 1. The molecule has 1 aromatic heterocycles. The average Bonchev–Trinajstić information content (AvgIpc) is 3.43. The van der Waals surface area contributed by atoms with Gasteiger partial charge in [-0.05, 0) is 44.0 Å². The number of benzene rings is 2. The Morgan fingerprint density at radius 2 is 2.11 bits per heavy atom. The molecule has 12 heteroatoms. The summed E-state index contributed by atoms with van der Waals surface area (Å²) in [5.74, 6) is -1.29. The third-order valence-corrected chi connectivity index (χ3v) is 7.27. The standard InChI is InChI=1S/C26H25F4N7O/c1-15-12-36(14-34-15)22-6-5-16(9-19(22)31)20(35-32)11-33-23-10-25(23)8-7-17-18(27)3-2-4-21(17)37(24(25)38)13-26(28,29)30/h2-6,9,11-12,14,23,32-33H,7-8,10,13,31H2,1H3/p+1/b20-11-,35-32?. The second-order valence-corrected chi connectivity index (χ2v) is 9.76. The van der Waals surface area contributed by atoms with Crippen molar-refractivity contribution in [2.45, 2.75) is 38.4 Å². The van der Waals surface area contributed by atoms with E-state index in [2.05, 4.69) is 10.1 Å². The number of halogens is 4. The lowest BCUT2D eigenvalue weighted by Crippen LogP contribution is -2.82. The zero-order chi connectivity index (χ0) is 27.2. The number of quaternary nitrogens is 1. The molecule has 0 radical (unpaired) electrons. The summed E-state index contributed by atoms with van der Waals surface area (Å²) in [4.78, 5) is 18.3. The molecule has 5 rings (SSSR count). The number of nitrogens with one attached hydrogen (secondary N) is 1. The van der Waals surface area contributed by atoms with Gasteiger partial charge in [0.25, 0.3) is 0 Å². The van der Waals surface area contributed by atoms with Gasteiger partial charge in [-0.3, -0.25) is 4.79 Å². The van der Waals surface area contributed by atoms with Crippen LogP contribution in [0.5, 0.6) is 0 Å². The van der Waals surface area contributed by atoms with Crippen LogP contribution in [0.15, 0.2) is 60.2 Å². The molecule has 1 aliphatic carbocycles. The Balaban J connectivity index is 1.38. The van der Waals surface area contributed by atoms with Crippen molar-refractivity contribution >= 4 is 23.0 Å². The van der Waals surface area contributed by atoms with Crippen LogP contribution >= 0.6 is 0 Å². The summed E-state index contributed by atoms with van der Waals surface area (Å²) in [7, 11) is 0. The van der Waals surface area contributed by atoms with Gasteiger partial charge in [0.05, 0.1) is 29.1 Å². The molecular formula is C26H26F4N7O+.